The molecule has 1 aliphatic rings. The Morgan fingerprint density at radius 1 is 1.48 bits per heavy atom. The van der Waals surface area contributed by atoms with Crippen molar-refractivity contribution in [3.05, 3.63) is 22.6 Å². The van der Waals surface area contributed by atoms with Crippen LogP contribution in [0, 0.1) is 13.8 Å². The minimum absolute atomic E-state index is 0.00672. The highest BCUT2D eigenvalue weighted by atomic mass is 35.5. The summed E-state index contributed by atoms with van der Waals surface area (Å²) >= 11 is 6.15. The van der Waals surface area contributed by atoms with Gasteiger partial charge in [-0.1, -0.05) is 11.6 Å². The van der Waals surface area contributed by atoms with Gasteiger partial charge in [-0.3, -0.25) is 4.79 Å². The highest BCUT2D eigenvalue weighted by molar-refractivity contribution is 6.29. The number of carbonyl (C=O) groups is 1. The monoisotopic (exact) mass is 307 g/mol. The van der Waals surface area contributed by atoms with Crippen LogP contribution in [0.3, 0.4) is 0 Å². The summed E-state index contributed by atoms with van der Waals surface area (Å²) in [4.78, 5) is 18.0. The number of imidazole rings is 1. The molecular weight excluding hydrogens is 290 g/mol. The van der Waals surface area contributed by atoms with E-state index in [-0.39, 0.29) is 11.9 Å². The lowest BCUT2D eigenvalue weighted by atomic mass is 10.2. The fraction of sp³-hybridized carbons (Fsp3) is 0.500. The first-order valence-electron chi connectivity index (χ1n) is 7.00. The SMILES string of the molecule is CC(=O)NC1CCN(c2cc(Cl)nn3c(C)c(C)nc23)C1. The topological polar surface area (TPSA) is 62.5 Å². The summed E-state index contributed by atoms with van der Waals surface area (Å²) in [5.74, 6) is 0.00672. The first-order valence-corrected chi connectivity index (χ1v) is 7.38. The Balaban J connectivity index is 1.97. The Kier molecular flexibility index (Phi) is 3.49. The van der Waals surface area contributed by atoms with E-state index in [4.69, 9.17) is 11.6 Å². The van der Waals surface area contributed by atoms with Gasteiger partial charge in [-0.05, 0) is 20.3 Å². The van der Waals surface area contributed by atoms with Crippen LogP contribution >= 0.6 is 11.6 Å². The third-order valence-corrected chi connectivity index (χ3v) is 4.12. The fourth-order valence-corrected chi connectivity index (χ4v) is 2.99. The van der Waals surface area contributed by atoms with Crippen LogP contribution in [0.1, 0.15) is 24.7 Å². The normalized spacial score (nSPS) is 18.5. The number of rotatable bonds is 2. The van der Waals surface area contributed by atoms with E-state index in [2.05, 4.69) is 20.3 Å². The zero-order chi connectivity index (χ0) is 15.1. The molecule has 1 saturated heterocycles. The van der Waals surface area contributed by atoms with E-state index in [0.717, 1.165) is 42.2 Å². The van der Waals surface area contributed by atoms with Gasteiger partial charge >= 0.3 is 0 Å². The van der Waals surface area contributed by atoms with Gasteiger partial charge in [-0.2, -0.15) is 5.10 Å². The Hall–Kier alpha value is -1.82. The molecule has 21 heavy (non-hydrogen) atoms. The van der Waals surface area contributed by atoms with Crippen LogP contribution in [0.25, 0.3) is 5.65 Å². The zero-order valence-corrected chi connectivity index (χ0v) is 13.1. The molecule has 1 fully saturated rings. The largest absolute Gasteiger partial charge is 0.366 e. The number of halogens is 1. The molecule has 3 heterocycles. The van der Waals surface area contributed by atoms with Crippen molar-refractivity contribution in [2.45, 2.75) is 33.2 Å². The van der Waals surface area contributed by atoms with Crippen molar-refractivity contribution in [2.24, 2.45) is 0 Å². The molecule has 0 spiro atoms. The molecule has 1 aliphatic heterocycles. The number of hydrogen-bond acceptors (Lipinski definition) is 4. The van der Waals surface area contributed by atoms with Crippen LogP contribution in [0.4, 0.5) is 5.69 Å². The van der Waals surface area contributed by atoms with Crippen molar-refractivity contribution in [2.75, 3.05) is 18.0 Å². The van der Waals surface area contributed by atoms with Crippen molar-refractivity contribution in [1.82, 2.24) is 19.9 Å². The first kappa shape index (κ1) is 14.1. The molecule has 0 saturated carbocycles. The maximum atomic E-state index is 11.2. The Morgan fingerprint density at radius 2 is 2.24 bits per heavy atom. The number of nitrogens with one attached hydrogen (secondary N) is 1. The summed E-state index contributed by atoms with van der Waals surface area (Å²) in [5, 5.41) is 7.73. The molecule has 1 unspecified atom stereocenters. The number of aromatic nitrogens is 3. The minimum atomic E-state index is 0.00672. The van der Waals surface area contributed by atoms with E-state index >= 15 is 0 Å². The second-order valence-electron chi connectivity index (χ2n) is 5.50. The van der Waals surface area contributed by atoms with Gasteiger partial charge in [0, 0.05) is 32.1 Å². The van der Waals surface area contributed by atoms with E-state index in [1.165, 1.54) is 0 Å². The van der Waals surface area contributed by atoms with Gasteiger partial charge in [0.25, 0.3) is 0 Å². The Labute approximate surface area is 128 Å². The van der Waals surface area contributed by atoms with E-state index in [1.54, 1.807) is 11.4 Å². The van der Waals surface area contributed by atoms with Crippen molar-refractivity contribution < 1.29 is 4.79 Å². The van der Waals surface area contributed by atoms with Crippen LogP contribution in [0.15, 0.2) is 6.07 Å². The number of anilines is 1. The standard InChI is InChI=1S/C14H18ClN5O/c1-8-9(2)20-14(16-8)12(6-13(15)18-20)19-5-4-11(7-19)17-10(3)21/h6,11H,4-5,7H2,1-3H3,(H,17,21). The highest BCUT2D eigenvalue weighted by Crippen LogP contribution is 2.28. The quantitative estimate of drug-likeness (QED) is 0.917. The maximum Gasteiger partial charge on any atom is 0.217 e. The molecule has 0 aliphatic carbocycles. The smallest absolute Gasteiger partial charge is 0.217 e. The van der Waals surface area contributed by atoms with Crippen LogP contribution in [0.5, 0.6) is 0 Å². The average Bonchev–Trinajstić information content (AvgIpc) is 2.96. The Bertz CT molecular complexity index is 711. The molecule has 3 rings (SSSR count). The molecule has 2 aromatic heterocycles. The number of aryl methyl sites for hydroxylation is 2. The van der Waals surface area contributed by atoms with E-state index < -0.39 is 0 Å². The maximum absolute atomic E-state index is 11.2. The summed E-state index contributed by atoms with van der Waals surface area (Å²) in [7, 11) is 0. The molecule has 7 heteroatoms. The summed E-state index contributed by atoms with van der Waals surface area (Å²) in [5.41, 5.74) is 3.73. The van der Waals surface area contributed by atoms with Crippen molar-refractivity contribution in [3.8, 4) is 0 Å². The van der Waals surface area contributed by atoms with Crippen LogP contribution in [0.2, 0.25) is 5.15 Å². The average molecular weight is 308 g/mol. The number of carbonyl (C=O) groups excluding carboxylic acids is 1. The van der Waals surface area contributed by atoms with E-state index in [1.807, 2.05) is 19.9 Å². The zero-order valence-electron chi connectivity index (χ0n) is 12.4. The Morgan fingerprint density at radius 3 is 2.95 bits per heavy atom. The molecule has 1 amide bonds. The van der Waals surface area contributed by atoms with Gasteiger partial charge in [0.15, 0.2) is 10.8 Å². The molecule has 112 valence electrons. The van der Waals surface area contributed by atoms with Crippen molar-refractivity contribution >= 4 is 28.8 Å². The van der Waals surface area contributed by atoms with Crippen LogP contribution in [-0.2, 0) is 4.79 Å². The number of nitrogens with zero attached hydrogens (tertiary/aromatic N) is 4. The lowest BCUT2D eigenvalue weighted by Gasteiger charge is -2.19. The summed E-state index contributed by atoms with van der Waals surface area (Å²) < 4.78 is 1.79. The highest BCUT2D eigenvalue weighted by Gasteiger charge is 2.26. The fourth-order valence-electron chi connectivity index (χ4n) is 2.81. The number of hydrogen-bond donors (Lipinski definition) is 1. The molecule has 2 aromatic rings. The second-order valence-corrected chi connectivity index (χ2v) is 5.89. The molecule has 0 aromatic carbocycles. The number of amides is 1. The van der Waals surface area contributed by atoms with Crippen LogP contribution in [-0.4, -0.2) is 39.6 Å². The molecule has 0 bridgehead atoms. The summed E-state index contributed by atoms with van der Waals surface area (Å²) in [6.45, 7) is 7.12. The first-order chi connectivity index (χ1) is 9.95. The van der Waals surface area contributed by atoms with Crippen LogP contribution < -0.4 is 10.2 Å². The molecule has 0 radical (unpaired) electrons. The molecule has 1 N–H and O–H groups in total. The second kappa shape index (κ2) is 5.18. The van der Waals surface area contributed by atoms with Gasteiger partial charge in [0.2, 0.25) is 5.91 Å². The van der Waals surface area contributed by atoms with Gasteiger partial charge in [-0.15, -0.1) is 0 Å². The molecule has 6 nitrogen and oxygen atoms in total. The van der Waals surface area contributed by atoms with Gasteiger partial charge < -0.3 is 10.2 Å². The van der Waals surface area contributed by atoms with Crippen molar-refractivity contribution in [3.63, 3.8) is 0 Å². The van der Waals surface area contributed by atoms with E-state index in [0.29, 0.717) is 5.15 Å². The lowest BCUT2D eigenvalue weighted by molar-refractivity contribution is -0.119. The molecule has 1 atom stereocenters. The van der Waals surface area contributed by atoms with Gasteiger partial charge in [0.05, 0.1) is 17.1 Å². The van der Waals surface area contributed by atoms with Gasteiger partial charge in [0.1, 0.15) is 0 Å². The molecular formula is C14H18ClN5O. The summed E-state index contributed by atoms with van der Waals surface area (Å²) in [6.07, 6.45) is 0.921. The van der Waals surface area contributed by atoms with E-state index in [9.17, 15) is 4.79 Å². The number of fused-ring (bicyclic) bond motifs is 1. The lowest BCUT2D eigenvalue weighted by Crippen LogP contribution is -2.35. The third kappa shape index (κ3) is 2.55. The predicted octanol–water partition coefficient (Wildman–Crippen LogP) is 1.71. The predicted molar refractivity (Wildman–Crippen MR) is 81.9 cm³/mol. The van der Waals surface area contributed by atoms with Gasteiger partial charge in [-0.25, -0.2) is 9.50 Å². The minimum Gasteiger partial charge on any atom is -0.366 e. The van der Waals surface area contributed by atoms with Crippen molar-refractivity contribution in [1.29, 1.82) is 0 Å². The summed E-state index contributed by atoms with van der Waals surface area (Å²) in [6, 6.07) is 2.02. The third-order valence-electron chi connectivity index (χ3n) is 3.93.